The quantitative estimate of drug-likeness (QED) is 0.279. The molecule has 33 heavy (non-hydrogen) atoms. The predicted molar refractivity (Wildman–Crippen MR) is 125 cm³/mol. The van der Waals surface area contributed by atoms with Gasteiger partial charge in [0.25, 0.3) is 5.69 Å². The fourth-order valence-electron chi connectivity index (χ4n) is 3.98. The summed E-state index contributed by atoms with van der Waals surface area (Å²) in [4.78, 5) is 20.5. The maximum absolute atomic E-state index is 11.4. The van der Waals surface area contributed by atoms with Crippen LogP contribution in [0.2, 0.25) is 0 Å². The van der Waals surface area contributed by atoms with Crippen molar-refractivity contribution in [2.45, 2.75) is 0 Å². The Bertz CT molecular complexity index is 1560. The molecule has 4 aromatic carbocycles. The number of ether oxygens (including phenoxy) is 2. The van der Waals surface area contributed by atoms with Crippen molar-refractivity contribution in [1.29, 1.82) is 0 Å². The summed E-state index contributed by atoms with van der Waals surface area (Å²) in [6.45, 7) is 0.173. The van der Waals surface area contributed by atoms with Crippen LogP contribution in [0.15, 0.2) is 78.9 Å². The minimum absolute atomic E-state index is 0.0299. The normalized spacial score (nSPS) is 12.2. The van der Waals surface area contributed by atoms with Gasteiger partial charge in [-0.2, -0.15) is 0 Å². The molecule has 0 radical (unpaired) electrons. The van der Waals surface area contributed by atoms with Gasteiger partial charge in [-0.3, -0.25) is 10.1 Å². The number of non-ortho nitro benzene ring substituents is 1. The van der Waals surface area contributed by atoms with E-state index in [-0.39, 0.29) is 12.5 Å². The number of anilines is 2. The van der Waals surface area contributed by atoms with Crippen molar-refractivity contribution < 1.29 is 14.4 Å². The molecule has 8 nitrogen and oxygen atoms in total. The number of fused-ring (bicyclic) bond motifs is 3. The van der Waals surface area contributed by atoms with Gasteiger partial charge in [-0.25, -0.2) is 9.97 Å². The van der Waals surface area contributed by atoms with E-state index in [9.17, 15) is 10.1 Å². The van der Waals surface area contributed by atoms with Crippen LogP contribution in [0.5, 0.6) is 11.5 Å². The van der Waals surface area contributed by atoms with Crippen molar-refractivity contribution in [3.8, 4) is 22.9 Å². The van der Waals surface area contributed by atoms with Gasteiger partial charge in [0, 0.05) is 34.8 Å². The van der Waals surface area contributed by atoms with Crippen molar-refractivity contribution in [1.82, 2.24) is 9.97 Å². The molecule has 1 aromatic heterocycles. The number of hydrogen-bond acceptors (Lipinski definition) is 7. The molecule has 0 aliphatic carbocycles. The van der Waals surface area contributed by atoms with Crippen LogP contribution in [0.25, 0.3) is 33.1 Å². The Balaban J connectivity index is 1.55. The maximum Gasteiger partial charge on any atom is 0.270 e. The smallest absolute Gasteiger partial charge is 0.270 e. The molecule has 8 heteroatoms. The maximum atomic E-state index is 11.4. The molecule has 6 rings (SSSR count). The molecule has 0 atom stereocenters. The highest BCUT2D eigenvalue weighted by molar-refractivity contribution is 5.98. The largest absolute Gasteiger partial charge is 0.454 e. The van der Waals surface area contributed by atoms with Gasteiger partial charge in [0.1, 0.15) is 5.82 Å². The number of rotatable bonds is 4. The van der Waals surface area contributed by atoms with Crippen molar-refractivity contribution in [2.24, 2.45) is 0 Å². The van der Waals surface area contributed by atoms with E-state index in [4.69, 9.17) is 19.4 Å². The first-order valence-electron chi connectivity index (χ1n) is 10.3. The monoisotopic (exact) mass is 436 g/mol. The van der Waals surface area contributed by atoms with E-state index in [1.54, 1.807) is 6.07 Å². The highest BCUT2D eigenvalue weighted by Gasteiger charge is 2.17. The second kappa shape index (κ2) is 7.45. The number of benzene rings is 4. The van der Waals surface area contributed by atoms with E-state index < -0.39 is 4.92 Å². The highest BCUT2D eigenvalue weighted by atomic mass is 16.7. The molecule has 0 saturated heterocycles. The van der Waals surface area contributed by atoms with E-state index in [1.807, 2.05) is 60.7 Å². The third-order valence-electron chi connectivity index (χ3n) is 5.56. The van der Waals surface area contributed by atoms with Crippen LogP contribution < -0.4 is 14.8 Å². The first-order chi connectivity index (χ1) is 16.2. The predicted octanol–water partition coefficient (Wildman–Crippen LogP) is 5.83. The van der Waals surface area contributed by atoms with Crippen LogP contribution in [-0.2, 0) is 0 Å². The van der Waals surface area contributed by atoms with Gasteiger partial charge in [0.05, 0.1) is 10.4 Å². The Morgan fingerprint density at radius 3 is 2.61 bits per heavy atom. The van der Waals surface area contributed by atoms with Crippen LogP contribution in [0, 0.1) is 10.1 Å². The Kier molecular flexibility index (Phi) is 4.29. The number of nitrogens with zero attached hydrogens (tertiary/aromatic N) is 3. The summed E-state index contributed by atoms with van der Waals surface area (Å²) in [5, 5.41) is 17.3. The minimum Gasteiger partial charge on any atom is -0.454 e. The topological polar surface area (TPSA) is 99.4 Å². The SMILES string of the molecule is O=[N+]([O-])c1ccc2nc(-c3cccc4ccccc34)nc(Nc3ccc4c(c3)OCO4)c2c1. The molecular formula is C25H16N4O4. The fourth-order valence-corrected chi connectivity index (χ4v) is 3.98. The Morgan fingerprint density at radius 1 is 0.848 bits per heavy atom. The molecule has 0 spiro atoms. The molecule has 1 aliphatic heterocycles. The Hall–Kier alpha value is -4.72. The van der Waals surface area contributed by atoms with E-state index in [2.05, 4.69) is 5.32 Å². The number of aromatic nitrogens is 2. The van der Waals surface area contributed by atoms with Crippen LogP contribution in [0.1, 0.15) is 0 Å². The van der Waals surface area contributed by atoms with E-state index in [0.29, 0.717) is 34.0 Å². The third-order valence-corrected chi connectivity index (χ3v) is 5.56. The number of nitro groups is 1. The van der Waals surface area contributed by atoms with Crippen molar-refractivity contribution in [3.05, 3.63) is 89.0 Å². The summed E-state index contributed by atoms with van der Waals surface area (Å²) in [6, 6.07) is 24.0. The molecule has 160 valence electrons. The van der Waals surface area contributed by atoms with Crippen molar-refractivity contribution in [3.63, 3.8) is 0 Å². The molecule has 1 N–H and O–H groups in total. The lowest BCUT2D eigenvalue weighted by atomic mass is 10.0. The van der Waals surface area contributed by atoms with Gasteiger partial charge in [-0.05, 0) is 29.0 Å². The lowest BCUT2D eigenvalue weighted by molar-refractivity contribution is -0.384. The van der Waals surface area contributed by atoms with Crippen molar-refractivity contribution in [2.75, 3.05) is 12.1 Å². The Morgan fingerprint density at radius 2 is 1.70 bits per heavy atom. The summed E-state index contributed by atoms with van der Waals surface area (Å²) >= 11 is 0. The number of nitro benzene ring substituents is 1. The van der Waals surface area contributed by atoms with Gasteiger partial charge in [0.15, 0.2) is 17.3 Å². The lowest BCUT2D eigenvalue weighted by Gasteiger charge is -2.13. The van der Waals surface area contributed by atoms with Crippen molar-refractivity contribution >= 4 is 38.9 Å². The molecule has 0 saturated carbocycles. The first kappa shape index (κ1) is 19.0. The fraction of sp³-hybridized carbons (Fsp3) is 0.0400. The average molecular weight is 436 g/mol. The lowest BCUT2D eigenvalue weighted by Crippen LogP contribution is -2.00. The highest BCUT2D eigenvalue weighted by Crippen LogP contribution is 2.37. The third kappa shape index (κ3) is 3.34. The molecule has 5 aromatic rings. The summed E-state index contributed by atoms with van der Waals surface area (Å²) in [5.74, 6) is 2.28. The summed E-state index contributed by atoms with van der Waals surface area (Å²) < 4.78 is 10.9. The molecule has 1 aliphatic rings. The van der Waals surface area contributed by atoms with Gasteiger partial charge in [0.2, 0.25) is 6.79 Å². The standard InChI is InChI=1S/C25H16N4O4/c30-29(31)17-9-10-21-20(13-17)25(26-16-8-11-22-23(12-16)33-14-32-22)28-24(27-21)19-7-3-5-15-4-1-2-6-18(15)19/h1-13H,14H2,(H,26,27,28). The molecule has 2 heterocycles. The zero-order valence-corrected chi connectivity index (χ0v) is 17.2. The van der Waals surface area contributed by atoms with Crippen LogP contribution in [0.4, 0.5) is 17.2 Å². The second-order valence-electron chi connectivity index (χ2n) is 7.57. The summed E-state index contributed by atoms with van der Waals surface area (Å²) in [5.41, 5.74) is 2.16. The summed E-state index contributed by atoms with van der Waals surface area (Å²) in [7, 11) is 0. The molecule has 0 fully saturated rings. The molecule has 0 bridgehead atoms. The van der Waals surface area contributed by atoms with Gasteiger partial charge in [-0.1, -0.05) is 42.5 Å². The van der Waals surface area contributed by atoms with Gasteiger partial charge < -0.3 is 14.8 Å². The van der Waals surface area contributed by atoms with Gasteiger partial charge >= 0.3 is 0 Å². The Labute approximate surface area is 187 Å². The van der Waals surface area contributed by atoms with Crippen LogP contribution >= 0.6 is 0 Å². The van der Waals surface area contributed by atoms with Crippen LogP contribution in [-0.4, -0.2) is 21.7 Å². The number of hydrogen-bond donors (Lipinski definition) is 1. The summed E-state index contributed by atoms with van der Waals surface area (Å²) in [6.07, 6.45) is 0. The van der Waals surface area contributed by atoms with E-state index in [0.717, 1.165) is 22.0 Å². The minimum atomic E-state index is -0.428. The van der Waals surface area contributed by atoms with E-state index in [1.165, 1.54) is 12.1 Å². The molecule has 0 unspecified atom stereocenters. The zero-order chi connectivity index (χ0) is 22.4. The van der Waals surface area contributed by atoms with Gasteiger partial charge in [-0.15, -0.1) is 0 Å². The molecular weight excluding hydrogens is 420 g/mol. The molecule has 0 amide bonds. The zero-order valence-electron chi connectivity index (χ0n) is 17.2. The second-order valence-corrected chi connectivity index (χ2v) is 7.57. The van der Waals surface area contributed by atoms with Crippen LogP contribution in [0.3, 0.4) is 0 Å². The average Bonchev–Trinajstić information content (AvgIpc) is 3.31. The first-order valence-corrected chi connectivity index (χ1v) is 10.3. The number of nitrogens with one attached hydrogen (secondary N) is 1. The van der Waals surface area contributed by atoms with E-state index >= 15 is 0 Å².